The van der Waals surface area contributed by atoms with Crippen LogP contribution in [0, 0.1) is 0 Å². The molecule has 262 valence electrons. The Kier molecular flexibility index (Phi) is 6.43. The van der Waals surface area contributed by atoms with Crippen molar-refractivity contribution < 1.29 is 0 Å². The molecule has 9 heteroatoms. The van der Waals surface area contributed by atoms with E-state index in [1.54, 1.807) is 0 Å². The molecule has 0 unspecified atom stereocenters. The second kappa shape index (κ2) is 11.8. The first-order valence-electron chi connectivity index (χ1n) is 18.5. The van der Waals surface area contributed by atoms with Gasteiger partial charge in [-0.2, -0.15) is 15.0 Å². The fourth-order valence-electron chi connectivity index (χ4n) is 8.47. The van der Waals surface area contributed by atoms with E-state index in [0.29, 0.717) is 17.7 Å². The van der Waals surface area contributed by atoms with Crippen LogP contribution in [-0.2, 0) is 0 Å². The first kappa shape index (κ1) is 30.5. The summed E-state index contributed by atoms with van der Waals surface area (Å²) in [6, 6.07) is 56.3. The summed E-state index contributed by atoms with van der Waals surface area (Å²) >= 11 is 0. The van der Waals surface area contributed by atoms with Gasteiger partial charge in [0.25, 0.3) is 0 Å². The highest BCUT2D eigenvalue weighted by Gasteiger charge is 2.28. The fourth-order valence-corrected chi connectivity index (χ4v) is 8.47. The summed E-state index contributed by atoms with van der Waals surface area (Å²) in [7, 11) is 0. The van der Waals surface area contributed by atoms with Crippen molar-refractivity contribution in [3.8, 4) is 34.7 Å². The first-order valence-corrected chi connectivity index (χ1v) is 18.5. The van der Waals surface area contributed by atoms with E-state index in [9.17, 15) is 0 Å². The van der Waals surface area contributed by atoms with Crippen LogP contribution in [0.15, 0.2) is 176 Å². The van der Waals surface area contributed by atoms with E-state index in [0.717, 1.165) is 82.9 Å². The molecule has 7 aromatic heterocycles. The summed E-state index contributed by atoms with van der Waals surface area (Å²) in [5.74, 6) is 1.42. The molecule has 0 saturated heterocycles. The van der Waals surface area contributed by atoms with Gasteiger partial charge in [0, 0.05) is 61.6 Å². The topological polar surface area (TPSA) is 84.2 Å². The number of nitrogens with zero attached hydrogens (tertiary/aromatic N) is 9. The fraction of sp³-hybridized carbons (Fsp3) is 0. The summed E-state index contributed by atoms with van der Waals surface area (Å²) in [5, 5.41) is 6.42. The zero-order chi connectivity index (χ0) is 36.7. The molecule has 0 atom stereocenters. The lowest BCUT2D eigenvalue weighted by atomic mass is 10.1. The zero-order valence-electron chi connectivity index (χ0n) is 29.8. The number of aromatic nitrogens is 9. The predicted octanol–water partition coefficient (Wildman–Crippen LogP) is 10.4. The molecule has 56 heavy (non-hydrogen) atoms. The second-order valence-corrected chi connectivity index (χ2v) is 13.8. The van der Waals surface area contributed by atoms with E-state index in [1.807, 2.05) is 67.0 Å². The molecular weight excluding hydrogens is 691 g/mol. The van der Waals surface area contributed by atoms with E-state index in [-0.39, 0.29) is 0 Å². The molecule has 0 aliphatic heterocycles. The molecule has 5 aromatic carbocycles. The highest BCUT2D eigenvalue weighted by atomic mass is 15.3. The van der Waals surface area contributed by atoms with Crippen LogP contribution in [0.3, 0.4) is 0 Å². The minimum Gasteiger partial charge on any atom is -0.295 e. The van der Waals surface area contributed by atoms with Gasteiger partial charge in [0.15, 0.2) is 5.82 Å². The minimum absolute atomic E-state index is 0.445. The van der Waals surface area contributed by atoms with Crippen molar-refractivity contribution in [3.63, 3.8) is 0 Å². The molecule has 0 amide bonds. The number of fused-ring (bicyclic) bond motifs is 10. The zero-order valence-corrected chi connectivity index (χ0v) is 29.8. The van der Waals surface area contributed by atoms with Crippen LogP contribution in [0.25, 0.3) is 101 Å². The summed E-state index contributed by atoms with van der Waals surface area (Å²) in [6.07, 6.45) is 3.66. The van der Waals surface area contributed by atoms with E-state index >= 15 is 0 Å². The molecule has 12 aromatic rings. The average molecular weight is 720 g/mol. The highest BCUT2D eigenvalue weighted by Crippen LogP contribution is 2.42. The monoisotopic (exact) mass is 719 g/mol. The minimum atomic E-state index is 0.445. The summed E-state index contributed by atoms with van der Waals surface area (Å²) < 4.78 is 8.77. The Morgan fingerprint density at radius 2 is 0.750 bits per heavy atom. The maximum Gasteiger partial charge on any atom is 0.242 e. The van der Waals surface area contributed by atoms with Gasteiger partial charge in [0.1, 0.15) is 22.6 Å². The van der Waals surface area contributed by atoms with Crippen molar-refractivity contribution in [2.24, 2.45) is 0 Å². The third-order valence-corrected chi connectivity index (χ3v) is 10.7. The summed E-state index contributed by atoms with van der Waals surface area (Å²) in [4.78, 5) is 26.1. The first-order chi connectivity index (χ1) is 27.8. The number of hydrogen-bond donors (Lipinski definition) is 0. The van der Waals surface area contributed by atoms with Crippen LogP contribution >= 0.6 is 0 Å². The van der Waals surface area contributed by atoms with Crippen LogP contribution < -0.4 is 0 Å². The van der Waals surface area contributed by atoms with Gasteiger partial charge < -0.3 is 0 Å². The molecule has 12 rings (SSSR count). The Labute approximate surface area is 319 Å². The maximum atomic E-state index is 5.45. The van der Waals surface area contributed by atoms with Crippen LogP contribution in [0.4, 0.5) is 0 Å². The van der Waals surface area contributed by atoms with Crippen molar-refractivity contribution in [3.05, 3.63) is 176 Å². The Hall–Kier alpha value is -7.91. The van der Waals surface area contributed by atoms with Gasteiger partial charge >= 0.3 is 0 Å². The lowest BCUT2D eigenvalue weighted by Crippen LogP contribution is -2.13. The largest absolute Gasteiger partial charge is 0.295 e. The summed E-state index contributed by atoms with van der Waals surface area (Å²) in [6.45, 7) is 0. The van der Waals surface area contributed by atoms with Gasteiger partial charge in [0.05, 0.1) is 11.0 Å². The van der Waals surface area contributed by atoms with Crippen molar-refractivity contribution >= 4 is 65.9 Å². The number of hydrogen-bond acceptors (Lipinski definition) is 5. The Morgan fingerprint density at radius 1 is 0.339 bits per heavy atom. The van der Waals surface area contributed by atoms with Crippen molar-refractivity contribution in [2.45, 2.75) is 0 Å². The molecule has 7 heterocycles. The quantitative estimate of drug-likeness (QED) is 0.177. The SMILES string of the molecule is c1ccc(-c2nc(-n3c4ncccc4c4c5ccccc5n(-c5ccccc5)c43)nc(-n3c4ncccc4c4c5ccccc5n(-c5ccccc5)c43)n2)cc1. The van der Waals surface area contributed by atoms with Gasteiger partial charge in [-0.25, -0.2) is 19.1 Å². The van der Waals surface area contributed by atoms with Crippen LogP contribution in [0.1, 0.15) is 0 Å². The summed E-state index contributed by atoms with van der Waals surface area (Å²) in [5.41, 5.74) is 8.41. The van der Waals surface area contributed by atoms with Gasteiger partial charge in [-0.15, -0.1) is 0 Å². The molecule has 0 spiro atoms. The third kappa shape index (κ3) is 4.27. The van der Waals surface area contributed by atoms with E-state index in [1.165, 1.54) is 0 Å². The van der Waals surface area contributed by atoms with Gasteiger partial charge in [0.2, 0.25) is 11.9 Å². The third-order valence-electron chi connectivity index (χ3n) is 10.7. The average Bonchev–Trinajstić information content (AvgIpc) is 3.99. The second-order valence-electron chi connectivity index (χ2n) is 13.8. The Morgan fingerprint density at radius 3 is 1.23 bits per heavy atom. The molecule has 0 N–H and O–H groups in total. The number of para-hydroxylation sites is 4. The van der Waals surface area contributed by atoms with E-state index in [2.05, 4.69) is 127 Å². The van der Waals surface area contributed by atoms with Gasteiger partial charge in [-0.05, 0) is 60.7 Å². The highest BCUT2D eigenvalue weighted by molar-refractivity contribution is 6.23. The molecule has 0 aliphatic rings. The molecule has 9 nitrogen and oxygen atoms in total. The Balaban J connectivity index is 1.27. The standard InChI is InChI=1S/C47H29N9/c1-4-16-30(17-5-1)41-50-46(55-42-35(24-14-28-48-42)39-33-22-10-12-26-37(33)53(44(39)55)31-18-6-2-7-19-31)52-47(51-41)56-43-36(25-15-29-49-43)40-34-23-11-13-27-38(34)54(45(40)56)32-20-8-3-9-21-32/h1-29H. The van der Waals surface area contributed by atoms with Crippen molar-refractivity contribution in [1.82, 2.24) is 43.2 Å². The molecule has 0 radical (unpaired) electrons. The van der Waals surface area contributed by atoms with E-state index in [4.69, 9.17) is 24.9 Å². The lowest BCUT2D eigenvalue weighted by Gasteiger charge is -2.15. The molecule has 0 aliphatic carbocycles. The van der Waals surface area contributed by atoms with Gasteiger partial charge in [-0.1, -0.05) is 103 Å². The smallest absolute Gasteiger partial charge is 0.242 e. The number of benzene rings is 5. The maximum absolute atomic E-state index is 5.45. The normalized spacial score (nSPS) is 11.9. The van der Waals surface area contributed by atoms with E-state index < -0.39 is 0 Å². The van der Waals surface area contributed by atoms with Crippen molar-refractivity contribution in [2.75, 3.05) is 0 Å². The van der Waals surface area contributed by atoms with Crippen LogP contribution in [-0.4, -0.2) is 43.2 Å². The van der Waals surface area contributed by atoms with Crippen molar-refractivity contribution in [1.29, 1.82) is 0 Å². The van der Waals surface area contributed by atoms with Gasteiger partial charge in [-0.3, -0.25) is 9.13 Å². The van der Waals surface area contributed by atoms with Crippen LogP contribution in [0.5, 0.6) is 0 Å². The lowest BCUT2D eigenvalue weighted by molar-refractivity contribution is 0.867. The predicted molar refractivity (Wildman–Crippen MR) is 223 cm³/mol. The number of rotatable bonds is 5. The molecule has 0 fully saturated rings. The molecule has 0 bridgehead atoms. The Bertz CT molecular complexity index is 3260. The number of pyridine rings is 2. The molecule has 0 saturated carbocycles. The molecular formula is C47H29N9. The van der Waals surface area contributed by atoms with Crippen LogP contribution in [0.2, 0.25) is 0 Å².